The van der Waals surface area contributed by atoms with E-state index in [9.17, 15) is 9.59 Å². The minimum absolute atomic E-state index is 0.00704. The summed E-state index contributed by atoms with van der Waals surface area (Å²) in [6, 6.07) is 17.5. The number of thiophene rings is 1. The van der Waals surface area contributed by atoms with Crippen molar-refractivity contribution >= 4 is 34.0 Å². The van der Waals surface area contributed by atoms with Gasteiger partial charge in [0.15, 0.2) is 0 Å². The number of esters is 1. The van der Waals surface area contributed by atoms with Crippen LogP contribution in [0.3, 0.4) is 0 Å². The Balaban J connectivity index is 1.26. The second-order valence-electron chi connectivity index (χ2n) is 6.37. The molecule has 0 spiro atoms. The van der Waals surface area contributed by atoms with E-state index in [1.54, 1.807) is 0 Å². The van der Waals surface area contributed by atoms with Crippen LogP contribution in [0.4, 0.5) is 0 Å². The molecule has 0 atom stereocenters. The molecule has 0 fully saturated rings. The smallest absolute Gasteiger partial charge is 0.325 e. The molecule has 0 unspecified atom stereocenters. The standard InChI is InChI=1S/C22H18N2O4S/c25-20(11-16-7-3-6-15-5-1-2-8-18(15)16)23-12-21(26)27-13-17-14-28-22(24-17)19-9-4-10-29-19/h1-10,14H,11-13H2,(H,23,25). The lowest BCUT2D eigenvalue weighted by molar-refractivity contribution is -0.145. The topological polar surface area (TPSA) is 81.4 Å². The molecule has 0 aliphatic rings. The lowest BCUT2D eigenvalue weighted by Gasteiger charge is -2.08. The van der Waals surface area contributed by atoms with Crippen molar-refractivity contribution in [1.29, 1.82) is 0 Å². The predicted octanol–water partition coefficient (Wildman–Crippen LogP) is 3.96. The van der Waals surface area contributed by atoms with Crippen LogP contribution in [0.2, 0.25) is 0 Å². The molecular weight excluding hydrogens is 388 g/mol. The lowest BCUT2D eigenvalue weighted by Crippen LogP contribution is -2.31. The second-order valence-corrected chi connectivity index (χ2v) is 7.32. The van der Waals surface area contributed by atoms with Crippen molar-refractivity contribution in [1.82, 2.24) is 10.3 Å². The highest BCUT2D eigenvalue weighted by Gasteiger charge is 2.12. The first-order valence-corrected chi connectivity index (χ1v) is 9.94. The minimum atomic E-state index is -0.531. The number of carbonyl (C=O) groups excluding carboxylic acids is 2. The second kappa shape index (κ2) is 8.70. The van der Waals surface area contributed by atoms with Gasteiger partial charge in [-0.05, 0) is 27.8 Å². The number of benzene rings is 2. The third-order valence-corrected chi connectivity index (χ3v) is 5.18. The Morgan fingerprint density at radius 1 is 1.07 bits per heavy atom. The van der Waals surface area contributed by atoms with Gasteiger partial charge in [-0.25, -0.2) is 4.98 Å². The van der Waals surface area contributed by atoms with Crippen LogP contribution in [0.5, 0.6) is 0 Å². The van der Waals surface area contributed by atoms with E-state index in [0.29, 0.717) is 11.6 Å². The molecule has 0 aliphatic carbocycles. The monoisotopic (exact) mass is 406 g/mol. The molecule has 0 saturated carbocycles. The van der Waals surface area contributed by atoms with Gasteiger partial charge in [0.1, 0.15) is 25.1 Å². The van der Waals surface area contributed by atoms with E-state index >= 15 is 0 Å². The van der Waals surface area contributed by atoms with E-state index in [-0.39, 0.29) is 25.5 Å². The van der Waals surface area contributed by atoms with Crippen molar-refractivity contribution in [2.45, 2.75) is 13.0 Å². The van der Waals surface area contributed by atoms with Crippen LogP contribution < -0.4 is 5.32 Å². The van der Waals surface area contributed by atoms with Crippen molar-refractivity contribution in [3.8, 4) is 10.8 Å². The normalized spacial score (nSPS) is 10.8. The van der Waals surface area contributed by atoms with Gasteiger partial charge in [-0.1, -0.05) is 48.5 Å². The fraction of sp³-hybridized carbons (Fsp3) is 0.136. The first-order chi connectivity index (χ1) is 14.2. The average Bonchev–Trinajstić information content (AvgIpc) is 3.43. The van der Waals surface area contributed by atoms with Crippen LogP contribution >= 0.6 is 11.3 Å². The maximum atomic E-state index is 12.2. The van der Waals surface area contributed by atoms with E-state index < -0.39 is 5.97 Å². The van der Waals surface area contributed by atoms with E-state index in [2.05, 4.69) is 10.3 Å². The van der Waals surface area contributed by atoms with E-state index in [0.717, 1.165) is 21.2 Å². The quantitative estimate of drug-likeness (QED) is 0.470. The van der Waals surface area contributed by atoms with Crippen molar-refractivity contribution in [2.24, 2.45) is 0 Å². The fourth-order valence-electron chi connectivity index (χ4n) is 2.95. The molecule has 2 aromatic carbocycles. The van der Waals surface area contributed by atoms with Crippen LogP contribution in [0.15, 0.2) is 70.7 Å². The predicted molar refractivity (Wildman–Crippen MR) is 110 cm³/mol. The lowest BCUT2D eigenvalue weighted by atomic mass is 10.0. The summed E-state index contributed by atoms with van der Waals surface area (Å²) in [4.78, 5) is 29.3. The van der Waals surface area contributed by atoms with Gasteiger partial charge >= 0.3 is 5.97 Å². The molecule has 0 bridgehead atoms. The Morgan fingerprint density at radius 2 is 1.93 bits per heavy atom. The molecule has 29 heavy (non-hydrogen) atoms. The third kappa shape index (κ3) is 4.70. The Labute approximate surface area is 171 Å². The average molecular weight is 406 g/mol. The molecule has 2 aromatic heterocycles. The maximum absolute atomic E-state index is 12.2. The molecule has 2 heterocycles. The summed E-state index contributed by atoms with van der Waals surface area (Å²) in [6.07, 6.45) is 1.66. The molecule has 1 N–H and O–H groups in total. The molecule has 0 radical (unpaired) electrons. The minimum Gasteiger partial charge on any atom is -0.458 e. The maximum Gasteiger partial charge on any atom is 0.325 e. The number of hydrogen-bond donors (Lipinski definition) is 1. The third-order valence-electron chi connectivity index (χ3n) is 4.33. The highest BCUT2D eigenvalue weighted by molar-refractivity contribution is 7.13. The number of amides is 1. The molecule has 1 amide bonds. The zero-order chi connectivity index (χ0) is 20.1. The highest BCUT2D eigenvalue weighted by atomic mass is 32.1. The summed E-state index contributed by atoms with van der Waals surface area (Å²) >= 11 is 1.51. The number of aromatic nitrogens is 1. The van der Waals surface area contributed by atoms with Gasteiger partial charge in [0.25, 0.3) is 0 Å². The first-order valence-electron chi connectivity index (χ1n) is 9.06. The van der Waals surface area contributed by atoms with Gasteiger partial charge < -0.3 is 14.5 Å². The number of nitrogens with zero attached hydrogens (tertiary/aromatic N) is 1. The Kier molecular flexibility index (Phi) is 5.67. The summed E-state index contributed by atoms with van der Waals surface area (Å²) in [7, 11) is 0. The van der Waals surface area contributed by atoms with Gasteiger partial charge in [-0.2, -0.15) is 0 Å². The van der Waals surface area contributed by atoms with Gasteiger partial charge in [-0.15, -0.1) is 11.3 Å². The van der Waals surface area contributed by atoms with E-state index in [4.69, 9.17) is 9.15 Å². The van der Waals surface area contributed by atoms with Crippen molar-refractivity contribution in [3.05, 3.63) is 77.5 Å². The molecule has 0 aliphatic heterocycles. The van der Waals surface area contributed by atoms with Crippen molar-refractivity contribution in [3.63, 3.8) is 0 Å². The van der Waals surface area contributed by atoms with Gasteiger partial charge in [0.2, 0.25) is 11.8 Å². The number of rotatable bonds is 7. The van der Waals surface area contributed by atoms with E-state index in [1.807, 2.05) is 60.0 Å². The van der Waals surface area contributed by atoms with Crippen LogP contribution in [0.1, 0.15) is 11.3 Å². The zero-order valence-electron chi connectivity index (χ0n) is 15.5. The van der Waals surface area contributed by atoms with Crippen molar-refractivity contribution < 1.29 is 18.7 Å². The summed E-state index contributed by atoms with van der Waals surface area (Å²) in [5.74, 6) is -0.272. The van der Waals surface area contributed by atoms with Crippen molar-refractivity contribution in [2.75, 3.05) is 6.54 Å². The number of carbonyl (C=O) groups is 2. The highest BCUT2D eigenvalue weighted by Crippen LogP contribution is 2.23. The SMILES string of the molecule is O=C(Cc1cccc2ccccc12)NCC(=O)OCc1coc(-c2cccs2)n1. The zero-order valence-corrected chi connectivity index (χ0v) is 16.3. The number of oxazole rings is 1. The summed E-state index contributed by atoms with van der Waals surface area (Å²) < 4.78 is 10.5. The molecule has 146 valence electrons. The van der Waals surface area contributed by atoms with Gasteiger partial charge in [0, 0.05) is 0 Å². The van der Waals surface area contributed by atoms with Crippen LogP contribution in [-0.4, -0.2) is 23.4 Å². The summed E-state index contributed by atoms with van der Waals surface area (Å²) in [5, 5.41) is 6.64. The van der Waals surface area contributed by atoms with E-state index in [1.165, 1.54) is 17.6 Å². The Bertz CT molecular complexity index is 1130. The number of hydrogen-bond acceptors (Lipinski definition) is 6. The summed E-state index contributed by atoms with van der Waals surface area (Å²) in [5.41, 5.74) is 1.43. The molecule has 4 rings (SSSR count). The number of fused-ring (bicyclic) bond motifs is 1. The number of nitrogens with one attached hydrogen (secondary N) is 1. The molecule has 7 heteroatoms. The van der Waals surface area contributed by atoms with Crippen LogP contribution in [0, 0.1) is 0 Å². The molecule has 6 nitrogen and oxygen atoms in total. The van der Waals surface area contributed by atoms with Crippen LogP contribution in [0.25, 0.3) is 21.5 Å². The number of ether oxygens (including phenoxy) is 1. The molecule has 4 aromatic rings. The Morgan fingerprint density at radius 3 is 2.79 bits per heavy atom. The summed E-state index contributed by atoms with van der Waals surface area (Å²) in [6.45, 7) is -0.202. The van der Waals surface area contributed by atoms with Gasteiger partial charge in [-0.3, -0.25) is 9.59 Å². The fourth-order valence-corrected chi connectivity index (χ4v) is 3.60. The molecule has 0 saturated heterocycles. The first kappa shape index (κ1) is 18.9. The molecular formula is C22H18N2O4S. The van der Waals surface area contributed by atoms with Crippen LogP contribution in [-0.2, 0) is 27.4 Å². The largest absolute Gasteiger partial charge is 0.458 e. The van der Waals surface area contributed by atoms with Gasteiger partial charge in [0.05, 0.1) is 11.3 Å². The Hall–Kier alpha value is -3.45.